The molecular weight excluding hydrogens is 228 g/mol. The molecular formula is C15H16O3. The van der Waals surface area contributed by atoms with Gasteiger partial charge in [0, 0.05) is 5.56 Å². The molecule has 0 spiro atoms. The zero-order valence-electron chi connectivity index (χ0n) is 10.5. The SMILES string of the molecule is COc1cccc(-c2cc(CO)ccc2OC)c1. The lowest BCUT2D eigenvalue weighted by atomic mass is 10.0. The molecule has 0 saturated heterocycles. The van der Waals surface area contributed by atoms with E-state index in [2.05, 4.69) is 0 Å². The largest absolute Gasteiger partial charge is 0.497 e. The lowest BCUT2D eigenvalue weighted by molar-refractivity contribution is 0.281. The van der Waals surface area contributed by atoms with Crippen molar-refractivity contribution in [2.24, 2.45) is 0 Å². The molecule has 2 aromatic rings. The molecule has 0 bridgehead atoms. The Hall–Kier alpha value is -2.00. The lowest BCUT2D eigenvalue weighted by Gasteiger charge is -2.11. The first kappa shape index (κ1) is 12.5. The quantitative estimate of drug-likeness (QED) is 0.898. The summed E-state index contributed by atoms with van der Waals surface area (Å²) in [5.74, 6) is 1.57. The summed E-state index contributed by atoms with van der Waals surface area (Å²) >= 11 is 0. The fraction of sp³-hybridized carbons (Fsp3) is 0.200. The molecule has 0 atom stereocenters. The van der Waals surface area contributed by atoms with Crippen LogP contribution in [0.5, 0.6) is 11.5 Å². The van der Waals surface area contributed by atoms with Gasteiger partial charge in [-0.25, -0.2) is 0 Å². The van der Waals surface area contributed by atoms with E-state index in [0.717, 1.165) is 28.2 Å². The zero-order chi connectivity index (χ0) is 13.0. The van der Waals surface area contributed by atoms with Gasteiger partial charge in [0.05, 0.1) is 20.8 Å². The molecule has 0 fully saturated rings. The van der Waals surface area contributed by atoms with Crippen LogP contribution in [0.4, 0.5) is 0 Å². The Labute approximate surface area is 107 Å². The van der Waals surface area contributed by atoms with Gasteiger partial charge in [0.1, 0.15) is 11.5 Å². The third-order valence-electron chi connectivity index (χ3n) is 2.83. The molecule has 0 aliphatic carbocycles. The van der Waals surface area contributed by atoms with Gasteiger partial charge in [0.15, 0.2) is 0 Å². The van der Waals surface area contributed by atoms with E-state index >= 15 is 0 Å². The fourth-order valence-electron chi connectivity index (χ4n) is 1.87. The Morgan fingerprint density at radius 2 is 1.83 bits per heavy atom. The first-order valence-corrected chi connectivity index (χ1v) is 5.70. The number of aliphatic hydroxyl groups is 1. The lowest BCUT2D eigenvalue weighted by Crippen LogP contribution is -1.91. The highest BCUT2D eigenvalue weighted by atomic mass is 16.5. The normalized spacial score (nSPS) is 10.2. The van der Waals surface area contributed by atoms with Gasteiger partial charge in [-0.05, 0) is 35.4 Å². The van der Waals surface area contributed by atoms with E-state index < -0.39 is 0 Å². The third-order valence-corrected chi connectivity index (χ3v) is 2.83. The first-order valence-electron chi connectivity index (χ1n) is 5.70. The van der Waals surface area contributed by atoms with Crippen LogP contribution in [-0.2, 0) is 6.61 Å². The summed E-state index contributed by atoms with van der Waals surface area (Å²) in [4.78, 5) is 0. The average Bonchev–Trinajstić information content (AvgIpc) is 2.46. The number of methoxy groups -OCH3 is 2. The molecule has 3 heteroatoms. The van der Waals surface area contributed by atoms with Crippen LogP contribution in [0.2, 0.25) is 0 Å². The van der Waals surface area contributed by atoms with Crippen molar-refractivity contribution in [1.29, 1.82) is 0 Å². The van der Waals surface area contributed by atoms with Gasteiger partial charge in [0.25, 0.3) is 0 Å². The van der Waals surface area contributed by atoms with Crippen molar-refractivity contribution in [3.63, 3.8) is 0 Å². The Morgan fingerprint density at radius 1 is 1.00 bits per heavy atom. The monoisotopic (exact) mass is 244 g/mol. The second-order valence-electron chi connectivity index (χ2n) is 3.92. The molecule has 0 saturated carbocycles. The van der Waals surface area contributed by atoms with Crippen LogP contribution in [0.15, 0.2) is 42.5 Å². The topological polar surface area (TPSA) is 38.7 Å². The maximum absolute atomic E-state index is 9.21. The van der Waals surface area contributed by atoms with E-state index in [-0.39, 0.29) is 6.61 Å². The summed E-state index contributed by atoms with van der Waals surface area (Å²) in [5.41, 5.74) is 2.80. The van der Waals surface area contributed by atoms with Crippen molar-refractivity contribution in [2.45, 2.75) is 6.61 Å². The minimum atomic E-state index is 0.0148. The fourth-order valence-corrected chi connectivity index (χ4v) is 1.87. The smallest absolute Gasteiger partial charge is 0.126 e. The standard InChI is InChI=1S/C15H16O3/c1-17-13-5-3-4-12(9-13)14-8-11(10-16)6-7-15(14)18-2/h3-9,16H,10H2,1-2H3. The highest BCUT2D eigenvalue weighted by molar-refractivity contribution is 5.72. The van der Waals surface area contributed by atoms with Crippen LogP contribution in [0.3, 0.4) is 0 Å². The molecule has 3 nitrogen and oxygen atoms in total. The number of hydrogen-bond acceptors (Lipinski definition) is 3. The van der Waals surface area contributed by atoms with Crippen molar-refractivity contribution >= 4 is 0 Å². The number of hydrogen-bond donors (Lipinski definition) is 1. The molecule has 0 unspecified atom stereocenters. The number of aliphatic hydroxyl groups excluding tert-OH is 1. The van der Waals surface area contributed by atoms with Crippen molar-refractivity contribution in [1.82, 2.24) is 0 Å². The van der Waals surface area contributed by atoms with Gasteiger partial charge < -0.3 is 14.6 Å². The third kappa shape index (κ3) is 2.46. The molecule has 0 aliphatic heterocycles. The molecule has 2 aromatic carbocycles. The van der Waals surface area contributed by atoms with Crippen LogP contribution < -0.4 is 9.47 Å². The summed E-state index contributed by atoms with van der Waals surface area (Å²) in [7, 11) is 3.28. The van der Waals surface area contributed by atoms with Gasteiger partial charge in [0.2, 0.25) is 0 Å². The van der Waals surface area contributed by atoms with Crippen LogP contribution in [0.25, 0.3) is 11.1 Å². The van der Waals surface area contributed by atoms with Crippen molar-refractivity contribution < 1.29 is 14.6 Å². The maximum atomic E-state index is 9.21. The van der Waals surface area contributed by atoms with Gasteiger partial charge in [-0.2, -0.15) is 0 Å². The molecule has 0 aliphatic rings. The number of ether oxygens (including phenoxy) is 2. The Balaban J connectivity index is 2.53. The van der Waals surface area contributed by atoms with E-state index in [1.54, 1.807) is 14.2 Å². The Bertz CT molecular complexity index is 535. The molecule has 0 aromatic heterocycles. The predicted octanol–water partition coefficient (Wildman–Crippen LogP) is 2.86. The summed E-state index contributed by atoms with van der Waals surface area (Å²) in [6, 6.07) is 13.4. The Morgan fingerprint density at radius 3 is 2.50 bits per heavy atom. The summed E-state index contributed by atoms with van der Waals surface area (Å²) in [6.07, 6.45) is 0. The van der Waals surface area contributed by atoms with Gasteiger partial charge >= 0.3 is 0 Å². The Kier molecular flexibility index (Phi) is 3.85. The average molecular weight is 244 g/mol. The van der Waals surface area contributed by atoms with Gasteiger partial charge in [-0.1, -0.05) is 18.2 Å². The van der Waals surface area contributed by atoms with Crippen molar-refractivity contribution in [3.05, 3.63) is 48.0 Å². The summed E-state index contributed by atoms with van der Waals surface area (Å²) < 4.78 is 10.6. The molecule has 18 heavy (non-hydrogen) atoms. The highest BCUT2D eigenvalue weighted by Gasteiger charge is 2.07. The number of rotatable bonds is 4. The highest BCUT2D eigenvalue weighted by Crippen LogP contribution is 2.32. The molecule has 1 N–H and O–H groups in total. The van der Waals surface area contributed by atoms with Crippen LogP contribution in [0, 0.1) is 0 Å². The summed E-state index contributed by atoms with van der Waals surface area (Å²) in [5, 5.41) is 9.21. The van der Waals surface area contributed by atoms with Crippen LogP contribution in [0.1, 0.15) is 5.56 Å². The predicted molar refractivity (Wildman–Crippen MR) is 70.9 cm³/mol. The van der Waals surface area contributed by atoms with Crippen LogP contribution in [-0.4, -0.2) is 19.3 Å². The molecule has 0 heterocycles. The second kappa shape index (κ2) is 5.56. The van der Waals surface area contributed by atoms with E-state index in [1.165, 1.54) is 0 Å². The van der Waals surface area contributed by atoms with Crippen LogP contribution >= 0.6 is 0 Å². The zero-order valence-corrected chi connectivity index (χ0v) is 10.5. The van der Waals surface area contributed by atoms with E-state index in [1.807, 2.05) is 42.5 Å². The summed E-state index contributed by atoms with van der Waals surface area (Å²) in [6.45, 7) is 0.0148. The minimum absolute atomic E-state index is 0.0148. The maximum Gasteiger partial charge on any atom is 0.126 e. The minimum Gasteiger partial charge on any atom is -0.497 e. The van der Waals surface area contributed by atoms with E-state index in [4.69, 9.17) is 9.47 Å². The van der Waals surface area contributed by atoms with Gasteiger partial charge in [-0.15, -0.1) is 0 Å². The van der Waals surface area contributed by atoms with Crippen molar-refractivity contribution in [2.75, 3.05) is 14.2 Å². The van der Waals surface area contributed by atoms with Crippen molar-refractivity contribution in [3.8, 4) is 22.6 Å². The molecule has 0 amide bonds. The van der Waals surface area contributed by atoms with E-state index in [0.29, 0.717) is 0 Å². The molecule has 0 radical (unpaired) electrons. The van der Waals surface area contributed by atoms with E-state index in [9.17, 15) is 5.11 Å². The first-order chi connectivity index (χ1) is 8.78. The molecule has 94 valence electrons. The molecule has 2 rings (SSSR count). The number of benzene rings is 2. The van der Waals surface area contributed by atoms with Gasteiger partial charge in [-0.3, -0.25) is 0 Å². The second-order valence-corrected chi connectivity index (χ2v) is 3.92.